The Bertz CT molecular complexity index is 379. The highest BCUT2D eigenvalue weighted by Gasteiger charge is 2.47. The number of aliphatic hydroxyl groups is 1. The summed E-state index contributed by atoms with van der Waals surface area (Å²) in [7, 11) is 4.73. The summed E-state index contributed by atoms with van der Waals surface area (Å²) in [5.74, 6) is 1.19. The van der Waals surface area contributed by atoms with Crippen LogP contribution in [-0.2, 0) is 14.2 Å². The van der Waals surface area contributed by atoms with Gasteiger partial charge in [0.1, 0.15) is 6.04 Å². The van der Waals surface area contributed by atoms with E-state index < -0.39 is 11.6 Å². The molecule has 0 saturated heterocycles. The minimum atomic E-state index is -0.943. The number of methoxy groups -OCH3 is 3. The van der Waals surface area contributed by atoms with Crippen molar-refractivity contribution in [3.8, 4) is 0 Å². The largest absolute Gasteiger partial charge is 0.483 e. The number of aliphatic imine (C=N–C) groups is 2. The molecule has 1 aliphatic rings. The van der Waals surface area contributed by atoms with E-state index in [1.807, 2.05) is 13.8 Å². The lowest BCUT2D eigenvalue weighted by atomic mass is 9.87. The Hall–Kier alpha value is -1.14. The fraction of sp³-hybridized carbons (Fsp3) is 0.857. The van der Waals surface area contributed by atoms with Crippen molar-refractivity contribution >= 4 is 11.8 Å². The summed E-state index contributed by atoms with van der Waals surface area (Å²) in [6.07, 6.45) is -0.277. The third-order valence-electron chi connectivity index (χ3n) is 3.60. The zero-order chi connectivity index (χ0) is 15.3. The second-order valence-electron chi connectivity index (χ2n) is 5.32. The van der Waals surface area contributed by atoms with Crippen molar-refractivity contribution in [3.05, 3.63) is 0 Å². The van der Waals surface area contributed by atoms with Gasteiger partial charge in [-0.2, -0.15) is 0 Å². The summed E-state index contributed by atoms with van der Waals surface area (Å²) >= 11 is 0. The van der Waals surface area contributed by atoms with Crippen LogP contribution in [-0.4, -0.2) is 62.5 Å². The molecule has 3 atom stereocenters. The van der Waals surface area contributed by atoms with Crippen molar-refractivity contribution in [2.24, 2.45) is 15.9 Å². The summed E-state index contributed by atoms with van der Waals surface area (Å²) < 4.78 is 15.9. The number of aliphatic hydroxyl groups excluding tert-OH is 1. The molecule has 116 valence electrons. The van der Waals surface area contributed by atoms with E-state index in [1.54, 1.807) is 28.3 Å². The van der Waals surface area contributed by atoms with Crippen LogP contribution in [0.3, 0.4) is 0 Å². The first kappa shape index (κ1) is 16.9. The Morgan fingerprint density at radius 3 is 2.25 bits per heavy atom. The van der Waals surface area contributed by atoms with E-state index in [4.69, 9.17) is 14.2 Å². The number of rotatable bonds is 5. The second kappa shape index (κ2) is 7.04. The summed E-state index contributed by atoms with van der Waals surface area (Å²) in [6.45, 7) is 6.21. The minimum absolute atomic E-state index is 0.190. The highest BCUT2D eigenvalue weighted by atomic mass is 16.5. The van der Waals surface area contributed by atoms with Gasteiger partial charge >= 0.3 is 0 Å². The van der Waals surface area contributed by atoms with Crippen LogP contribution >= 0.6 is 0 Å². The van der Waals surface area contributed by atoms with Gasteiger partial charge in [-0.05, 0) is 12.8 Å². The molecule has 1 heterocycles. The van der Waals surface area contributed by atoms with Crippen molar-refractivity contribution in [2.75, 3.05) is 27.9 Å². The second-order valence-corrected chi connectivity index (χ2v) is 5.32. The van der Waals surface area contributed by atoms with Crippen LogP contribution in [0.4, 0.5) is 0 Å². The molecule has 6 heteroatoms. The third kappa shape index (κ3) is 3.12. The van der Waals surface area contributed by atoms with Crippen LogP contribution in [0, 0.1) is 5.92 Å². The molecule has 0 aromatic carbocycles. The molecule has 1 N–H and O–H groups in total. The first-order valence-corrected chi connectivity index (χ1v) is 6.86. The van der Waals surface area contributed by atoms with Gasteiger partial charge < -0.3 is 19.3 Å². The van der Waals surface area contributed by atoms with Crippen molar-refractivity contribution in [3.63, 3.8) is 0 Å². The fourth-order valence-corrected chi connectivity index (χ4v) is 2.34. The van der Waals surface area contributed by atoms with Gasteiger partial charge in [-0.25, -0.2) is 9.98 Å². The third-order valence-corrected chi connectivity index (χ3v) is 3.60. The molecule has 20 heavy (non-hydrogen) atoms. The lowest BCUT2D eigenvalue weighted by molar-refractivity contribution is 0.0890. The van der Waals surface area contributed by atoms with Crippen LogP contribution in [0.1, 0.15) is 27.2 Å². The van der Waals surface area contributed by atoms with Crippen molar-refractivity contribution < 1.29 is 19.3 Å². The van der Waals surface area contributed by atoms with Gasteiger partial charge in [0.15, 0.2) is 5.54 Å². The van der Waals surface area contributed by atoms with Gasteiger partial charge in [-0.3, -0.25) is 0 Å². The Kier molecular flexibility index (Phi) is 5.95. The van der Waals surface area contributed by atoms with Crippen molar-refractivity contribution in [2.45, 2.75) is 44.9 Å². The number of hydrogen-bond acceptors (Lipinski definition) is 6. The van der Waals surface area contributed by atoms with E-state index >= 15 is 0 Å². The maximum Gasteiger partial charge on any atom is 0.215 e. The molecule has 1 rings (SSSR count). The molecule has 0 saturated carbocycles. The molecule has 0 aliphatic carbocycles. The Morgan fingerprint density at radius 2 is 1.85 bits per heavy atom. The van der Waals surface area contributed by atoms with Crippen molar-refractivity contribution in [1.29, 1.82) is 0 Å². The van der Waals surface area contributed by atoms with Gasteiger partial charge in [0.25, 0.3) is 0 Å². The zero-order valence-corrected chi connectivity index (χ0v) is 13.2. The lowest BCUT2D eigenvalue weighted by Crippen LogP contribution is -2.53. The highest BCUT2D eigenvalue weighted by Crippen LogP contribution is 2.30. The first-order chi connectivity index (χ1) is 9.42. The molecule has 0 aromatic heterocycles. The fourth-order valence-electron chi connectivity index (χ4n) is 2.34. The van der Waals surface area contributed by atoms with E-state index in [2.05, 4.69) is 9.98 Å². The predicted molar refractivity (Wildman–Crippen MR) is 78.4 cm³/mol. The summed E-state index contributed by atoms with van der Waals surface area (Å²) in [5, 5.41) is 10.2. The molecule has 0 aromatic rings. The highest BCUT2D eigenvalue weighted by molar-refractivity contribution is 5.97. The van der Waals surface area contributed by atoms with E-state index in [-0.39, 0.29) is 12.0 Å². The van der Waals surface area contributed by atoms with Crippen LogP contribution in [0.25, 0.3) is 0 Å². The topological polar surface area (TPSA) is 72.6 Å². The van der Waals surface area contributed by atoms with E-state index in [0.717, 1.165) is 0 Å². The normalized spacial score (nSPS) is 27.9. The summed E-state index contributed by atoms with van der Waals surface area (Å²) in [5.41, 5.74) is -0.943. The van der Waals surface area contributed by atoms with Crippen molar-refractivity contribution in [1.82, 2.24) is 0 Å². The molecule has 0 spiro atoms. The smallest absolute Gasteiger partial charge is 0.215 e. The van der Waals surface area contributed by atoms with Gasteiger partial charge in [0.2, 0.25) is 11.8 Å². The molecule has 0 fully saturated rings. The first-order valence-electron chi connectivity index (χ1n) is 6.86. The molecule has 0 bridgehead atoms. The van der Waals surface area contributed by atoms with E-state index in [1.165, 1.54) is 0 Å². The van der Waals surface area contributed by atoms with E-state index in [9.17, 15) is 5.11 Å². The molecule has 6 nitrogen and oxygen atoms in total. The maximum atomic E-state index is 10.2. The number of nitrogens with zero attached hydrogens (tertiary/aromatic N) is 2. The molecule has 0 amide bonds. The van der Waals surface area contributed by atoms with Gasteiger partial charge in [0, 0.05) is 20.1 Å². The Morgan fingerprint density at radius 1 is 1.20 bits per heavy atom. The number of ether oxygens (including phenoxy) is 3. The quantitative estimate of drug-likeness (QED) is 0.826. The Labute approximate surface area is 120 Å². The SMILES string of the molecule is COCC[C@@]1(C(C)O)N=C(OC)[C@@H](C(C)C)N=C1OC. The molecule has 1 aliphatic heterocycles. The zero-order valence-electron chi connectivity index (χ0n) is 13.2. The van der Waals surface area contributed by atoms with Crippen LogP contribution in [0.5, 0.6) is 0 Å². The standard InChI is InChI=1S/C14H26N2O4/c1-9(2)11-12(19-5)16-14(10(3)17,7-8-18-4)13(15-11)20-6/h9-11,17H,7-8H2,1-6H3/t10?,11-,14+/m1/s1. The number of hydrogen-bond donors (Lipinski definition) is 1. The van der Waals surface area contributed by atoms with Gasteiger partial charge in [0.05, 0.1) is 20.3 Å². The minimum Gasteiger partial charge on any atom is -0.483 e. The summed E-state index contributed by atoms with van der Waals surface area (Å²) in [4.78, 5) is 9.24. The lowest BCUT2D eigenvalue weighted by Gasteiger charge is -2.37. The van der Waals surface area contributed by atoms with Crippen LogP contribution < -0.4 is 0 Å². The van der Waals surface area contributed by atoms with Crippen LogP contribution in [0.15, 0.2) is 9.98 Å². The monoisotopic (exact) mass is 286 g/mol. The molecular weight excluding hydrogens is 260 g/mol. The van der Waals surface area contributed by atoms with Gasteiger partial charge in [-0.15, -0.1) is 0 Å². The average Bonchev–Trinajstić information content (AvgIpc) is 2.43. The Balaban J connectivity index is 3.26. The molecule has 0 radical (unpaired) electrons. The molecular formula is C14H26N2O4. The van der Waals surface area contributed by atoms with Gasteiger partial charge in [-0.1, -0.05) is 13.8 Å². The predicted octanol–water partition coefficient (Wildman–Crippen LogP) is 1.27. The molecule has 1 unspecified atom stereocenters. The maximum absolute atomic E-state index is 10.2. The summed E-state index contributed by atoms with van der Waals surface area (Å²) in [6, 6.07) is -0.190. The average molecular weight is 286 g/mol. The van der Waals surface area contributed by atoms with Crippen LogP contribution in [0.2, 0.25) is 0 Å². The van der Waals surface area contributed by atoms with E-state index in [0.29, 0.717) is 24.8 Å².